The quantitative estimate of drug-likeness (QED) is 0.359. The molecule has 3 heterocycles. The first kappa shape index (κ1) is 25.8. The molecule has 38 heavy (non-hydrogen) atoms. The predicted molar refractivity (Wildman–Crippen MR) is 150 cm³/mol. The van der Waals surface area contributed by atoms with E-state index in [-0.39, 0.29) is 11.8 Å². The van der Waals surface area contributed by atoms with Crippen LogP contribution in [0.25, 0.3) is 10.8 Å². The second-order valence-electron chi connectivity index (χ2n) is 10.3. The molecule has 9 heteroatoms. The Kier molecular flexibility index (Phi) is 7.64. The number of carbonyl (C=O) groups is 1. The standard InChI is InChI=1S/C29H36N6O3/c1-21-19-35(13-12-33(21)10-6-15-36)28-25-9-11-34(20-26(25)30-29(31-28)38-16-14-32(2)3)27-18-23(37)17-22-7-4-5-8-24(22)27/h4-8,10,15,17-18,21,37H,9,11-14,16,19-20H2,1-3H3/t21-/m1/s1. The van der Waals surface area contributed by atoms with Gasteiger partial charge in [0.15, 0.2) is 0 Å². The van der Waals surface area contributed by atoms with Crippen LogP contribution >= 0.6 is 0 Å². The lowest BCUT2D eigenvalue weighted by Gasteiger charge is -2.41. The zero-order valence-electron chi connectivity index (χ0n) is 22.4. The summed E-state index contributed by atoms with van der Waals surface area (Å²) in [6, 6.07) is 12.4. The van der Waals surface area contributed by atoms with Gasteiger partial charge in [-0.25, -0.2) is 0 Å². The maximum atomic E-state index is 10.8. The highest BCUT2D eigenvalue weighted by Crippen LogP contribution is 2.36. The second-order valence-corrected chi connectivity index (χ2v) is 10.3. The summed E-state index contributed by atoms with van der Waals surface area (Å²) in [5.74, 6) is 1.21. The highest BCUT2D eigenvalue weighted by Gasteiger charge is 2.30. The van der Waals surface area contributed by atoms with Gasteiger partial charge in [-0.15, -0.1) is 0 Å². The number of piperazine rings is 1. The first-order valence-corrected chi connectivity index (χ1v) is 13.2. The van der Waals surface area contributed by atoms with E-state index in [4.69, 9.17) is 14.7 Å². The molecular weight excluding hydrogens is 480 g/mol. The largest absolute Gasteiger partial charge is 0.508 e. The Hall–Kier alpha value is -3.85. The van der Waals surface area contributed by atoms with Crippen molar-refractivity contribution in [2.75, 3.05) is 63.2 Å². The van der Waals surface area contributed by atoms with E-state index in [2.05, 4.69) is 32.6 Å². The molecule has 2 aliphatic rings. The van der Waals surface area contributed by atoms with Crippen molar-refractivity contribution in [2.24, 2.45) is 0 Å². The third-order valence-electron chi connectivity index (χ3n) is 7.29. The molecule has 0 aliphatic carbocycles. The van der Waals surface area contributed by atoms with Crippen LogP contribution in [0.4, 0.5) is 11.5 Å². The molecule has 2 aliphatic heterocycles. The molecule has 1 aromatic heterocycles. The molecular formula is C29H36N6O3. The van der Waals surface area contributed by atoms with Crippen LogP contribution in [0.15, 0.2) is 48.7 Å². The maximum Gasteiger partial charge on any atom is 0.318 e. The molecule has 0 bridgehead atoms. The molecule has 3 aromatic rings. The number of allylic oxidation sites excluding steroid dienone is 1. The van der Waals surface area contributed by atoms with Crippen molar-refractivity contribution in [1.82, 2.24) is 19.8 Å². The minimum absolute atomic E-state index is 0.238. The van der Waals surface area contributed by atoms with Gasteiger partial charge in [0.05, 0.1) is 12.2 Å². The molecule has 5 rings (SSSR count). The molecule has 1 N–H and O–H groups in total. The fraction of sp³-hybridized carbons (Fsp3) is 0.414. The Bertz CT molecular complexity index is 1330. The Morgan fingerprint density at radius 1 is 1.13 bits per heavy atom. The summed E-state index contributed by atoms with van der Waals surface area (Å²) in [6.07, 6.45) is 5.04. The van der Waals surface area contributed by atoms with Gasteiger partial charge in [-0.3, -0.25) is 4.79 Å². The number of aromatic hydroxyl groups is 1. The van der Waals surface area contributed by atoms with E-state index in [0.29, 0.717) is 19.2 Å². The molecule has 1 fully saturated rings. The molecule has 0 saturated carbocycles. The molecule has 9 nitrogen and oxygen atoms in total. The Balaban J connectivity index is 1.47. The molecule has 0 spiro atoms. The van der Waals surface area contributed by atoms with E-state index < -0.39 is 0 Å². The third kappa shape index (κ3) is 5.52. The van der Waals surface area contributed by atoms with Crippen molar-refractivity contribution < 1.29 is 14.6 Å². The van der Waals surface area contributed by atoms with Crippen LogP contribution in [0, 0.1) is 0 Å². The van der Waals surface area contributed by atoms with Crippen molar-refractivity contribution in [2.45, 2.75) is 25.9 Å². The smallest absolute Gasteiger partial charge is 0.318 e. The summed E-state index contributed by atoms with van der Waals surface area (Å²) in [5.41, 5.74) is 3.13. The van der Waals surface area contributed by atoms with Crippen LogP contribution < -0.4 is 14.5 Å². The number of hydrogen-bond donors (Lipinski definition) is 1. The monoisotopic (exact) mass is 516 g/mol. The summed E-state index contributed by atoms with van der Waals surface area (Å²) in [6.45, 7) is 7.26. The van der Waals surface area contributed by atoms with Gasteiger partial charge in [0.25, 0.3) is 0 Å². The number of ether oxygens (including phenoxy) is 1. The van der Waals surface area contributed by atoms with E-state index in [9.17, 15) is 9.90 Å². The van der Waals surface area contributed by atoms with Gasteiger partial charge >= 0.3 is 6.01 Å². The van der Waals surface area contributed by atoms with Crippen molar-refractivity contribution in [3.63, 3.8) is 0 Å². The van der Waals surface area contributed by atoms with Crippen LogP contribution in [-0.2, 0) is 17.8 Å². The fourth-order valence-electron chi connectivity index (χ4n) is 5.31. The van der Waals surface area contributed by atoms with Gasteiger partial charge in [0, 0.05) is 67.7 Å². The predicted octanol–water partition coefficient (Wildman–Crippen LogP) is 3.06. The lowest BCUT2D eigenvalue weighted by Crippen LogP contribution is -2.50. The molecule has 2 aromatic carbocycles. The van der Waals surface area contributed by atoms with Crippen molar-refractivity contribution >= 4 is 28.6 Å². The van der Waals surface area contributed by atoms with Crippen LogP contribution in [-0.4, -0.2) is 90.6 Å². The van der Waals surface area contributed by atoms with E-state index >= 15 is 0 Å². The highest BCUT2D eigenvalue weighted by molar-refractivity contribution is 5.95. The first-order valence-electron chi connectivity index (χ1n) is 13.2. The summed E-state index contributed by atoms with van der Waals surface area (Å²) in [7, 11) is 4.03. The van der Waals surface area contributed by atoms with E-state index in [1.807, 2.05) is 44.6 Å². The average molecular weight is 517 g/mol. The van der Waals surface area contributed by atoms with Gasteiger partial charge in [0.1, 0.15) is 24.5 Å². The first-order chi connectivity index (χ1) is 18.4. The number of nitrogens with zero attached hydrogens (tertiary/aromatic N) is 6. The molecule has 1 atom stereocenters. The molecule has 0 amide bonds. The topological polar surface area (TPSA) is 85.3 Å². The maximum absolute atomic E-state index is 10.8. The number of fused-ring (bicyclic) bond motifs is 2. The normalized spacial score (nSPS) is 17.9. The summed E-state index contributed by atoms with van der Waals surface area (Å²) in [4.78, 5) is 29.5. The number of phenols is 1. The summed E-state index contributed by atoms with van der Waals surface area (Å²) < 4.78 is 6.04. The van der Waals surface area contributed by atoms with Crippen LogP contribution in [0.1, 0.15) is 18.2 Å². The Morgan fingerprint density at radius 3 is 2.76 bits per heavy atom. The van der Waals surface area contributed by atoms with Crippen molar-refractivity contribution in [1.29, 1.82) is 0 Å². The molecule has 1 saturated heterocycles. The number of rotatable bonds is 8. The number of aromatic nitrogens is 2. The van der Waals surface area contributed by atoms with Gasteiger partial charge < -0.3 is 29.4 Å². The fourth-order valence-corrected chi connectivity index (χ4v) is 5.31. The molecule has 0 radical (unpaired) electrons. The third-order valence-corrected chi connectivity index (χ3v) is 7.29. The zero-order chi connectivity index (χ0) is 26.6. The minimum Gasteiger partial charge on any atom is -0.508 e. The zero-order valence-corrected chi connectivity index (χ0v) is 22.4. The Labute approximate surface area is 223 Å². The van der Waals surface area contributed by atoms with Crippen molar-refractivity contribution in [3.05, 3.63) is 59.9 Å². The number of carbonyl (C=O) groups excluding carboxylic acids is 1. The van der Waals surface area contributed by atoms with Crippen LogP contribution in [0.5, 0.6) is 11.8 Å². The lowest BCUT2D eigenvalue weighted by molar-refractivity contribution is -0.104. The number of phenolic OH excluding ortho intramolecular Hbond substituents is 1. The van der Waals surface area contributed by atoms with E-state index in [0.717, 1.165) is 79.0 Å². The molecule has 0 unspecified atom stereocenters. The van der Waals surface area contributed by atoms with Gasteiger partial charge in [-0.05, 0) is 45.0 Å². The van der Waals surface area contributed by atoms with Gasteiger partial charge in [-0.2, -0.15) is 9.97 Å². The number of likely N-dealkylation sites (N-methyl/N-ethyl adjacent to an activating group) is 1. The van der Waals surface area contributed by atoms with Crippen LogP contribution in [0.3, 0.4) is 0 Å². The Morgan fingerprint density at radius 2 is 1.97 bits per heavy atom. The van der Waals surface area contributed by atoms with Crippen molar-refractivity contribution in [3.8, 4) is 11.8 Å². The summed E-state index contributed by atoms with van der Waals surface area (Å²) in [5, 5.41) is 12.6. The lowest BCUT2D eigenvalue weighted by atomic mass is 10.0. The second kappa shape index (κ2) is 11.3. The average Bonchev–Trinajstić information content (AvgIpc) is 2.91. The molecule has 200 valence electrons. The number of benzene rings is 2. The summed E-state index contributed by atoms with van der Waals surface area (Å²) >= 11 is 0. The van der Waals surface area contributed by atoms with E-state index in [1.165, 1.54) is 0 Å². The van der Waals surface area contributed by atoms with E-state index in [1.54, 1.807) is 12.1 Å². The van der Waals surface area contributed by atoms with Gasteiger partial charge in [0.2, 0.25) is 0 Å². The minimum atomic E-state index is 0.238. The number of hydrogen-bond acceptors (Lipinski definition) is 9. The highest BCUT2D eigenvalue weighted by atomic mass is 16.5. The van der Waals surface area contributed by atoms with Crippen LogP contribution in [0.2, 0.25) is 0 Å². The SMILES string of the molecule is C[C@@H]1CN(c2nc(OCCN(C)C)nc3c2CCN(c2cc(O)cc4ccccc24)C3)CCN1C=CC=O. The number of anilines is 2. The number of aldehydes is 1. The van der Waals surface area contributed by atoms with Gasteiger partial charge in [-0.1, -0.05) is 24.3 Å².